The van der Waals surface area contributed by atoms with Crippen molar-refractivity contribution in [1.82, 2.24) is 0 Å². The van der Waals surface area contributed by atoms with Crippen molar-refractivity contribution in [2.45, 2.75) is 33.0 Å². The number of esters is 3. The molecule has 0 spiro atoms. The van der Waals surface area contributed by atoms with Crippen molar-refractivity contribution in [1.29, 1.82) is 0 Å². The lowest BCUT2D eigenvalue weighted by atomic mass is 10.1. The third kappa shape index (κ3) is 12.5. The smallest absolute Gasteiger partial charge is 0.349 e. The molecule has 0 fully saturated rings. The fraction of sp³-hybridized carbons (Fsp3) is 0.227. The molecular formula is C22H24O10. The molecule has 2 rings (SSSR count). The predicted octanol–water partition coefficient (Wildman–Crippen LogP) is 2.28. The average molecular weight is 448 g/mol. The van der Waals surface area contributed by atoms with E-state index in [-0.39, 0.29) is 0 Å². The highest BCUT2D eigenvalue weighted by molar-refractivity contribution is 5.82. The summed E-state index contributed by atoms with van der Waals surface area (Å²) < 4.78 is 8.63. The highest BCUT2D eigenvalue weighted by atomic mass is 16.6. The first-order valence-electron chi connectivity index (χ1n) is 9.05. The number of ether oxygens (including phenoxy) is 2. The summed E-state index contributed by atoms with van der Waals surface area (Å²) in [6.45, 7) is 3.54. The lowest BCUT2D eigenvalue weighted by molar-refractivity contribution is -0.163. The van der Waals surface area contributed by atoms with Crippen molar-refractivity contribution in [2.24, 2.45) is 0 Å². The third-order valence-electron chi connectivity index (χ3n) is 3.25. The Morgan fingerprint density at radius 3 is 1.34 bits per heavy atom. The zero-order chi connectivity index (χ0) is 24.7. The summed E-state index contributed by atoms with van der Waals surface area (Å²) in [7, 11) is 0. The molecule has 0 bridgehead atoms. The van der Waals surface area contributed by atoms with Crippen LogP contribution in [0.5, 0.6) is 0 Å². The summed E-state index contributed by atoms with van der Waals surface area (Å²) in [5.41, 5.74) is 0.857. The maximum absolute atomic E-state index is 10.8. The quantitative estimate of drug-likeness (QED) is 0.456. The maximum atomic E-state index is 10.8. The van der Waals surface area contributed by atoms with Gasteiger partial charge in [0.2, 0.25) is 6.10 Å². The standard InChI is InChI=1S/C10H10O4.C8H8O3.C4H6O3/c1-7(11)14-9(10(12)13)8-5-3-2-4-6-8;9-7(8(10)11)6-4-2-1-3-5-6;1-3(5)7-4(2)6/h2-6,9H,1H3,(H,12,13);1-5,7,9H,(H,10,11);1-2H3/t9-;7-;/m00./s1. The number of benzene rings is 2. The molecule has 0 radical (unpaired) electrons. The number of aliphatic hydroxyl groups excluding tert-OH is 1. The number of carbonyl (C=O) groups excluding carboxylic acids is 3. The lowest BCUT2D eigenvalue weighted by Crippen LogP contribution is -2.17. The topological polar surface area (TPSA) is 164 Å². The normalized spacial score (nSPS) is 11.1. The Bertz CT molecular complexity index is 881. The summed E-state index contributed by atoms with van der Waals surface area (Å²) in [4.78, 5) is 51.3. The van der Waals surface area contributed by atoms with E-state index in [1.54, 1.807) is 60.7 Å². The van der Waals surface area contributed by atoms with E-state index in [9.17, 15) is 24.0 Å². The van der Waals surface area contributed by atoms with Gasteiger partial charge in [-0.3, -0.25) is 14.4 Å². The van der Waals surface area contributed by atoms with E-state index in [4.69, 9.17) is 15.3 Å². The molecule has 0 saturated carbocycles. The van der Waals surface area contributed by atoms with Crippen molar-refractivity contribution < 1.29 is 48.8 Å². The molecule has 10 nitrogen and oxygen atoms in total. The summed E-state index contributed by atoms with van der Waals surface area (Å²) in [6.07, 6.45) is -2.62. The molecule has 2 aromatic rings. The molecule has 10 heteroatoms. The minimum Gasteiger partial charge on any atom is -0.479 e. The van der Waals surface area contributed by atoms with Gasteiger partial charge in [-0.25, -0.2) is 9.59 Å². The Kier molecular flexibility index (Phi) is 13.0. The minimum absolute atomic E-state index is 0.403. The number of hydrogen-bond acceptors (Lipinski definition) is 8. The van der Waals surface area contributed by atoms with Crippen LogP contribution in [0.1, 0.15) is 44.1 Å². The Labute approximate surface area is 184 Å². The van der Waals surface area contributed by atoms with Crippen LogP contribution in [0.2, 0.25) is 0 Å². The molecule has 0 amide bonds. The van der Waals surface area contributed by atoms with Crippen LogP contribution in [0.15, 0.2) is 60.7 Å². The molecule has 0 unspecified atom stereocenters. The lowest BCUT2D eigenvalue weighted by Gasteiger charge is -2.11. The van der Waals surface area contributed by atoms with Crippen LogP contribution in [-0.2, 0) is 33.4 Å². The van der Waals surface area contributed by atoms with Gasteiger partial charge in [0.05, 0.1) is 0 Å². The summed E-state index contributed by atoms with van der Waals surface area (Å²) in [5.74, 6) is -4.14. The maximum Gasteiger partial charge on any atom is 0.349 e. The molecule has 32 heavy (non-hydrogen) atoms. The summed E-state index contributed by atoms with van der Waals surface area (Å²) >= 11 is 0. The molecule has 2 atom stereocenters. The third-order valence-corrected chi connectivity index (χ3v) is 3.25. The molecule has 0 aliphatic carbocycles. The number of aliphatic carboxylic acids is 2. The van der Waals surface area contributed by atoms with Crippen LogP contribution in [0, 0.1) is 0 Å². The second kappa shape index (κ2) is 14.9. The van der Waals surface area contributed by atoms with Crippen molar-refractivity contribution in [3.63, 3.8) is 0 Å². The molecule has 0 aliphatic heterocycles. The predicted molar refractivity (Wildman–Crippen MR) is 110 cm³/mol. The number of hydrogen-bond donors (Lipinski definition) is 3. The zero-order valence-electron chi connectivity index (χ0n) is 17.6. The molecule has 0 saturated heterocycles. The zero-order valence-corrected chi connectivity index (χ0v) is 17.6. The number of carbonyl (C=O) groups is 5. The number of aliphatic hydroxyl groups is 1. The van der Waals surface area contributed by atoms with Crippen LogP contribution < -0.4 is 0 Å². The van der Waals surface area contributed by atoms with E-state index < -0.39 is 42.1 Å². The first kappa shape index (κ1) is 28.0. The van der Waals surface area contributed by atoms with Gasteiger partial charge in [-0.1, -0.05) is 60.7 Å². The van der Waals surface area contributed by atoms with Crippen molar-refractivity contribution >= 4 is 29.8 Å². The van der Waals surface area contributed by atoms with E-state index in [0.717, 1.165) is 0 Å². The Morgan fingerprint density at radius 2 is 1.06 bits per heavy atom. The van der Waals surface area contributed by atoms with E-state index in [1.807, 2.05) is 0 Å². The van der Waals surface area contributed by atoms with Crippen LogP contribution in [-0.4, -0.2) is 45.2 Å². The van der Waals surface area contributed by atoms with Crippen molar-refractivity contribution in [3.05, 3.63) is 71.8 Å². The molecule has 2 aromatic carbocycles. The molecule has 3 N–H and O–H groups in total. The SMILES string of the molecule is CC(=O)OC(C)=O.CC(=O)O[C@H](C(=O)O)c1ccccc1.O=C(O)[C@@H](O)c1ccccc1. The molecule has 0 heterocycles. The number of carboxylic acid groups (broad SMARTS) is 2. The summed E-state index contributed by atoms with van der Waals surface area (Å²) in [5, 5.41) is 26.2. The van der Waals surface area contributed by atoms with Gasteiger partial charge in [-0.15, -0.1) is 0 Å². The van der Waals surface area contributed by atoms with Crippen molar-refractivity contribution in [2.75, 3.05) is 0 Å². The summed E-state index contributed by atoms with van der Waals surface area (Å²) in [6, 6.07) is 16.6. The fourth-order valence-corrected chi connectivity index (χ4v) is 2.04. The fourth-order valence-electron chi connectivity index (χ4n) is 2.04. The Balaban J connectivity index is 0.000000478. The molecule has 0 aromatic heterocycles. The van der Waals surface area contributed by atoms with Gasteiger partial charge < -0.3 is 24.8 Å². The first-order chi connectivity index (χ1) is 15.0. The monoisotopic (exact) mass is 448 g/mol. The van der Waals surface area contributed by atoms with E-state index in [1.165, 1.54) is 20.8 Å². The Hall–Kier alpha value is -4.05. The minimum atomic E-state index is -1.41. The van der Waals surface area contributed by atoms with Crippen LogP contribution in [0.25, 0.3) is 0 Å². The van der Waals surface area contributed by atoms with Gasteiger partial charge in [0.15, 0.2) is 6.10 Å². The number of carboxylic acids is 2. The van der Waals surface area contributed by atoms with Gasteiger partial charge in [0, 0.05) is 26.3 Å². The van der Waals surface area contributed by atoms with E-state index >= 15 is 0 Å². The second-order valence-electron chi connectivity index (χ2n) is 5.98. The van der Waals surface area contributed by atoms with Gasteiger partial charge in [-0.05, 0) is 5.56 Å². The van der Waals surface area contributed by atoms with Gasteiger partial charge in [-0.2, -0.15) is 0 Å². The Morgan fingerprint density at radius 1 is 0.656 bits per heavy atom. The van der Waals surface area contributed by atoms with Gasteiger partial charge in [0.1, 0.15) is 0 Å². The second-order valence-corrected chi connectivity index (χ2v) is 5.98. The van der Waals surface area contributed by atoms with Gasteiger partial charge in [0.25, 0.3) is 0 Å². The first-order valence-corrected chi connectivity index (χ1v) is 9.05. The number of rotatable bonds is 5. The average Bonchev–Trinajstić information content (AvgIpc) is 2.72. The largest absolute Gasteiger partial charge is 0.479 e. The molecule has 0 aliphatic rings. The van der Waals surface area contributed by atoms with E-state index in [2.05, 4.69) is 9.47 Å². The van der Waals surface area contributed by atoms with Gasteiger partial charge >= 0.3 is 29.8 Å². The highest BCUT2D eigenvalue weighted by Gasteiger charge is 2.22. The van der Waals surface area contributed by atoms with Crippen LogP contribution >= 0.6 is 0 Å². The highest BCUT2D eigenvalue weighted by Crippen LogP contribution is 2.17. The van der Waals surface area contributed by atoms with E-state index in [0.29, 0.717) is 11.1 Å². The van der Waals surface area contributed by atoms with Crippen LogP contribution in [0.3, 0.4) is 0 Å². The molecule has 172 valence electrons. The van der Waals surface area contributed by atoms with Crippen molar-refractivity contribution in [3.8, 4) is 0 Å². The van der Waals surface area contributed by atoms with Crippen LogP contribution in [0.4, 0.5) is 0 Å². The molecular weight excluding hydrogens is 424 g/mol.